The van der Waals surface area contributed by atoms with Crippen molar-refractivity contribution < 1.29 is 14.6 Å². The Balaban J connectivity index is 2.22. The summed E-state index contributed by atoms with van der Waals surface area (Å²) in [6.45, 7) is 4.94. The molecule has 1 N–H and O–H groups in total. The van der Waals surface area contributed by atoms with Crippen LogP contribution in [0.2, 0.25) is 0 Å². The molecule has 1 aromatic rings. The van der Waals surface area contributed by atoms with Gasteiger partial charge in [0.05, 0.1) is 13.2 Å². The zero-order valence-corrected chi connectivity index (χ0v) is 10.8. The number of carbonyl (C=O) groups is 1. The molecule has 1 heterocycles. The van der Waals surface area contributed by atoms with Gasteiger partial charge in [0.2, 0.25) is 0 Å². The van der Waals surface area contributed by atoms with Crippen LogP contribution in [0.1, 0.15) is 29.8 Å². The molecule has 0 saturated carbocycles. The first kappa shape index (κ1) is 12.9. The molecule has 18 heavy (non-hydrogen) atoms. The molecule has 0 atom stereocenters. The second-order valence-electron chi connectivity index (χ2n) is 4.74. The molecule has 1 aliphatic rings. The largest absolute Gasteiger partial charge is 0.493 e. The summed E-state index contributed by atoms with van der Waals surface area (Å²) in [7, 11) is 0. The number of benzene rings is 1. The Morgan fingerprint density at radius 1 is 1.50 bits per heavy atom. The van der Waals surface area contributed by atoms with E-state index in [1.54, 1.807) is 11.0 Å². The molecule has 0 bridgehead atoms. The molecular weight excluding hydrogens is 230 g/mol. The molecule has 0 unspecified atom stereocenters. The van der Waals surface area contributed by atoms with Crippen molar-refractivity contribution in [1.29, 1.82) is 0 Å². The Labute approximate surface area is 107 Å². The van der Waals surface area contributed by atoms with Crippen LogP contribution in [-0.2, 0) is 6.42 Å². The van der Waals surface area contributed by atoms with E-state index in [9.17, 15) is 4.79 Å². The highest BCUT2D eigenvalue weighted by Gasteiger charge is 2.20. The zero-order chi connectivity index (χ0) is 13.1. The monoisotopic (exact) mass is 249 g/mol. The third-order valence-electron chi connectivity index (χ3n) is 3.16. The molecule has 4 heteroatoms. The van der Waals surface area contributed by atoms with Crippen LogP contribution in [0.4, 0.5) is 0 Å². The summed E-state index contributed by atoms with van der Waals surface area (Å²) in [6, 6.07) is 5.62. The van der Waals surface area contributed by atoms with Crippen LogP contribution >= 0.6 is 0 Å². The van der Waals surface area contributed by atoms with Gasteiger partial charge in [0.15, 0.2) is 0 Å². The van der Waals surface area contributed by atoms with Crippen LogP contribution in [-0.4, -0.2) is 41.7 Å². The van der Waals surface area contributed by atoms with Gasteiger partial charge in [0.25, 0.3) is 5.91 Å². The Bertz CT molecular complexity index is 443. The van der Waals surface area contributed by atoms with Gasteiger partial charge >= 0.3 is 0 Å². The number of fused-ring (bicyclic) bond motifs is 1. The number of aliphatic hydroxyl groups is 1. The van der Waals surface area contributed by atoms with Crippen molar-refractivity contribution in [3.8, 4) is 5.75 Å². The quantitative estimate of drug-likeness (QED) is 0.879. The van der Waals surface area contributed by atoms with E-state index in [0.717, 1.165) is 17.7 Å². The first-order valence-corrected chi connectivity index (χ1v) is 6.31. The van der Waals surface area contributed by atoms with Crippen molar-refractivity contribution in [2.45, 2.75) is 26.3 Å². The fraction of sp³-hybridized carbons (Fsp3) is 0.500. The molecule has 0 aliphatic carbocycles. The summed E-state index contributed by atoms with van der Waals surface area (Å²) >= 11 is 0. The van der Waals surface area contributed by atoms with Gasteiger partial charge in [-0.1, -0.05) is 0 Å². The summed E-state index contributed by atoms with van der Waals surface area (Å²) in [5, 5.41) is 9.02. The highest BCUT2D eigenvalue weighted by atomic mass is 16.5. The standard InChI is InChI=1S/C14H19NO3/c1-10(2)15(6-7-16)14(17)12-3-4-13-11(9-12)5-8-18-13/h3-4,9-10,16H,5-8H2,1-2H3. The highest BCUT2D eigenvalue weighted by Crippen LogP contribution is 2.26. The molecule has 0 fully saturated rings. The van der Waals surface area contributed by atoms with E-state index in [2.05, 4.69) is 0 Å². The van der Waals surface area contributed by atoms with Gasteiger partial charge in [-0.3, -0.25) is 4.79 Å². The molecule has 98 valence electrons. The van der Waals surface area contributed by atoms with Gasteiger partial charge in [0.1, 0.15) is 5.75 Å². The predicted molar refractivity (Wildman–Crippen MR) is 68.9 cm³/mol. The Hall–Kier alpha value is -1.55. The van der Waals surface area contributed by atoms with Gasteiger partial charge in [-0.05, 0) is 37.6 Å². The minimum absolute atomic E-state index is 0.0159. The predicted octanol–water partition coefficient (Wildman–Crippen LogP) is 1.46. The fourth-order valence-electron chi connectivity index (χ4n) is 2.19. The lowest BCUT2D eigenvalue weighted by Crippen LogP contribution is -2.39. The number of carbonyl (C=O) groups excluding carboxylic acids is 1. The summed E-state index contributed by atoms with van der Waals surface area (Å²) in [5.41, 5.74) is 1.76. The third-order valence-corrected chi connectivity index (χ3v) is 3.16. The Morgan fingerprint density at radius 3 is 2.94 bits per heavy atom. The molecular formula is C14H19NO3. The SMILES string of the molecule is CC(C)N(CCO)C(=O)c1ccc2c(c1)CCO2. The maximum atomic E-state index is 12.4. The normalized spacial score (nSPS) is 13.3. The van der Waals surface area contributed by atoms with E-state index in [1.807, 2.05) is 26.0 Å². The lowest BCUT2D eigenvalue weighted by atomic mass is 10.1. The van der Waals surface area contributed by atoms with E-state index in [0.29, 0.717) is 18.7 Å². The zero-order valence-electron chi connectivity index (χ0n) is 10.8. The summed E-state index contributed by atoms with van der Waals surface area (Å²) < 4.78 is 5.42. The van der Waals surface area contributed by atoms with Crippen molar-refractivity contribution in [2.24, 2.45) is 0 Å². The number of amides is 1. The minimum atomic E-state index is -0.0336. The van der Waals surface area contributed by atoms with Crippen molar-refractivity contribution in [3.05, 3.63) is 29.3 Å². The second-order valence-corrected chi connectivity index (χ2v) is 4.74. The average Bonchev–Trinajstić information content (AvgIpc) is 2.81. The first-order chi connectivity index (χ1) is 8.63. The lowest BCUT2D eigenvalue weighted by Gasteiger charge is -2.26. The van der Waals surface area contributed by atoms with Gasteiger partial charge in [-0.25, -0.2) is 0 Å². The maximum absolute atomic E-state index is 12.4. The van der Waals surface area contributed by atoms with Gasteiger partial charge in [0, 0.05) is 24.6 Å². The third kappa shape index (κ3) is 2.48. The summed E-state index contributed by atoms with van der Waals surface area (Å²) in [5.74, 6) is 0.846. The van der Waals surface area contributed by atoms with Crippen molar-refractivity contribution in [3.63, 3.8) is 0 Å². The number of hydrogen-bond acceptors (Lipinski definition) is 3. The number of rotatable bonds is 4. The molecule has 1 amide bonds. The van der Waals surface area contributed by atoms with E-state index >= 15 is 0 Å². The van der Waals surface area contributed by atoms with Crippen molar-refractivity contribution in [1.82, 2.24) is 4.90 Å². The number of ether oxygens (including phenoxy) is 1. The number of hydrogen-bond donors (Lipinski definition) is 1. The maximum Gasteiger partial charge on any atom is 0.254 e. The van der Waals surface area contributed by atoms with Crippen LogP contribution in [0, 0.1) is 0 Å². The Kier molecular flexibility index (Phi) is 3.87. The average molecular weight is 249 g/mol. The van der Waals surface area contributed by atoms with Crippen LogP contribution in [0.25, 0.3) is 0 Å². The fourth-order valence-corrected chi connectivity index (χ4v) is 2.19. The van der Waals surface area contributed by atoms with Crippen molar-refractivity contribution >= 4 is 5.91 Å². The Morgan fingerprint density at radius 2 is 2.28 bits per heavy atom. The molecule has 4 nitrogen and oxygen atoms in total. The lowest BCUT2D eigenvalue weighted by molar-refractivity contribution is 0.0665. The van der Waals surface area contributed by atoms with Crippen LogP contribution in [0.15, 0.2) is 18.2 Å². The molecule has 0 radical (unpaired) electrons. The second kappa shape index (κ2) is 5.40. The topological polar surface area (TPSA) is 49.8 Å². The number of aliphatic hydroxyl groups excluding tert-OH is 1. The smallest absolute Gasteiger partial charge is 0.254 e. The van der Waals surface area contributed by atoms with Crippen LogP contribution < -0.4 is 4.74 Å². The highest BCUT2D eigenvalue weighted by molar-refractivity contribution is 5.94. The molecule has 0 saturated heterocycles. The molecule has 2 rings (SSSR count). The van der Waals surface area contributed by atoms with E-state index in [1.165, 1.54) is 0 Å². The molecule has 1 aromatic carbocycles. The first-order valence-electron chi connectivity index (χ1n) is 6.31. The van der Waals surface area contributed by atoms with Gasteiger partial charge in [-0.15, -0.1) is 0 Å². The summed E-state index contributed by atoms with van der Waals surface area (Å²) in [6.07, 6.45) is 0.859. The molecule has 1 aliphatic heterocycles. The number of nitrogens with zero attached hydrogens (tertiary/aromatic N) is 1. The van der Waals surface area contributed by atoms with Crippen LogP contribution in [0.3, 0.4) is 0 Å². The summed E-state index contributed by atoms with van der Waals surface area (Å²) in [4.78, 5) is 14.0. The van der Waals surface area contributed by atoms with Crippen LogP contribution in [0.5, 0.6) is 5.75 Å². The van der Waals surface area contributed by atoms with E-state index < -0.39 is 0 Å². The van der Waals surface area contributed by atoms with E-state index in [-0.39, 0.29) is 18.6 Å². The van der Waals surface area contributed by atoms with E-state index in [4.69, 9.17) is 9.84 Å². The molecule has 0 aromatic heterocycles. The minimum Gasteiger partial charge on any atom is -0.493 e. The van der Waals surface area contributed by atoms with Gasteiger partial charge in [-0.2, -0.15) is 0 Å². The van der Waals surface area contributed by atoms with Crippen molar-refractivity contribution in [2.75, 3.05) is 19.8 Å². The van der Waals surface area contributed by atoms with Gasteiger partial charge < -0.3 is 14.7 Å². The molecule has 0 spiro atoms.